The minimum Gasteiger partial charge on any atom is -0.353 e. The maximum absolute atomic E-state index is 12.6. The second kappa shape index (κ2) is 9.69. The number of aryl methyl sites for hydroxylation is 1. The third kappa shape index (κ3) is 6.87. The summed E-state index contributed by atoms with van der Waals surface area (Å²) in [4.78, 5) is 12.7. The standard InChI is InChI=1S/C18H29N3O3S.ClH/c1-12(2)10-17(18(22)20-11-16(19)14-6-7-14)21-25(23,24)15-8-4-13(3)5-9-15;/h4-5,8-9,12,14,16-17,21H,6-7,10-11,19H2,1-3H3,(H,20,22);1H. The first-order chi connectivity index (χ1) is 11.7. The molecule has 2 atom stereocenters. The smallest absolute Gasteiger partial charge is 0.241 e. The minimum atomic E-state index is -3.75. The molecule has 0 bridgehead atoms. The van der Waals surface area contributed by atoms with E-state index in [2.05, 4.69) is 10.0 Å². The van der Waals surface area contributed by atoms with E-state index in [-0.39, 0.29) is 35.2 Å². The Bertz CT molecular complexity index is 688. The highest BCUT2D eigenvalue weighted by Gasteiger charge is 2.30. The van der Waals surface area contributed by atoms with Crippen molar-refractivity contribution in [1.29, 1.82) is 0 Å². The fraction of sp³-hybridized carbons (Fsp3) is 0.611. The maximum Gasteiger partial charge on any atom is 0.241 e. The Balaban J connectivity index is 0.00000338. The van der Waals surface area contributed by atoms with Crippen molar-refractivity contribution in [3.05, 3.63) is 29.8 Å². The van der Waals surface area contributed by atoms with E-state index < -0.39 is 16.1 Å². The summed E-state index contributed by atoms with van der Waals surface area (Å²) in [6.45, 7) is 6.18. The number of halogens is 1. The predicted molar refractivity (Wildman–Crippen MR) is 106 cm³/mol. The van der Waals surface area contributed by atoms with Gasteiger partial charge in [0.05, 0.1) is 4.90 Å². The molecular formula is C18H30ClN3O3S. The lowest BCUT2D eigenvalue weighted by Crippen LogP contribution is -2.50. The van der Waals surface area contributed by atoms with Crippen LogP contribution in [-0.2, 0) is 14.8 Å². The monoisotopic (exact) mass is 403 g/mol. The summed E-state index contributed by atoms with van der Waals surface area (Å²) in [6, 6.07) is 5.70. The molecule has 2 rings (SSSR count). The lowest BCUT2D eigenvalue weighted by Gasteiger charge is -2.21. The van der Waals surface area contributed by atoms with Gasteiger partial charge in [0, 0.05) is 12.6 Å². The maximum atomic E-state index is 12.6. The first-order valence-electron chi connectivity index (χ1n) is 8.81. The molecule has 1 fully saturated rings. The number of rotatable bonds is 9. The van der Waals surface area contributed by atoms with Crippen LogP contribution >= 0.6 is 12.4 Å². The molecule has 0 aromatic heterocycles. The average Bonchev–Trinajstić information content (AvgIpc) is 3.36. The lowest BCUT2D eigenvalue weighted by molar-refractivity contribution is -0.123. The van der Waals surface area contributed by atoms with Crippen molar-refractivity contribution in [2.24, 2.45) is 17.6 Å². The Kier molecular flexibility index (Phi) is 8.53. The molecule has 1 aliphatic carbocycles. The topological polar surface area (TPSA) is 101 Å². The van der Waals surface area contributed by atoms with Crippen molar-refractivity contribution in [2.45, 2.75) is 57.0 Å². The van der Waals surface area contributed by atoms with Crippen LogP contribution in [0.2, 0.25) is 0 Å². The summed E-state index contributed by atoms with van der Waals surface area (Å²) in [5.41, 5.74) is 6.98. The quantitative estimate of drug-likeness (QED) is 0.586. The lowest BCUT2D eigenvalue weighted by atomic mass is 10.0. The normalized spacial score (nSPS) is 16.7. The van der Waals surface area contributed by atoms with Gasteiger partial charge in [-0.1, -0.05) is 31.5 Å². The zero-order valence-electron chi connectivity index (χ0n) is 15.6. The molecular weight excluding hydrogens is 374 g/mol. The van der Waals surface area contributed by atoms with Gasteiger partial charge in [0.25, 0.3) is 0 Å². The molecule has 1 saturated carbocycles. The van der Waals surface area contributed by atoms with E-state index in [1.807, 2.05) is 20.8 Å². The van der Waals surface area contributed by atoms with E-state index in [1.54, 1.807) is 24.3 Å². The molecule has 1 aromatic rings. The van der Waals surface area contributed by atoms with Gasteiger partial charge in [-0.15, -0.1) is 12.4 Å². The number of carbonyl (C=O) groups is 1. The number of hydrogen-bond donors (Lipinski definition) is 3. The number of benzene rings is 1. The molecule has 148 valence electrons. The molecule has 1 aromatic carbocycles. The Labute approximate surface area is 162 Å². The number of nitrogens with one attached hydrogen (secondary N) is 2. The van der Waals surface area contributed by atoms with E-state index >= 15 is 0 Å². The summed E-state index contributed by atoms with van der Waals surface area (Å²) >= 11 is 0. The van der Waals surface area contributed by atoms with Crippen LogP contribution in [0.3, 0.4) is 0 Å². The molecule has 0 saturated heterocycles. The molecule has 26 heavy (non-hydrogen) atoms. The number of carbonyl (C=O) groups excluding carboxylic acids is 1. The second-order valence-corrected chi connectivity index (χ2v) is 9.08. The van der Waals surface area contributed by atoms with E-state index in [0.717, 1.165) is 18.4 Å². The molecule has 0 aliphatic heterocycles. The van der Waals surface area contributed by atoms with Crippen LogP contribution in [-0.4, -0.2) is 33.0 Å². The summed E-state index contributed by atoms with van der Waals surface area (Å²) < 4.78 is 27.7. The van der Waals surface area contributed by atoms with Crippen molar-refractivity contribution >= 4 is 28.3 Å². The molecule has 8 heteroatoms. The highest BCUT2D eigenvalue weighted by atomic mass is 35.5. The highest BCUT2D eigenvalue weighted by Crippen LogP contribution is 2.31. The van der Waals surface area contributed by atoms with Crippen molar-refractivity contribution in [3.63, 3.8) is 0 Å². The van der Waals surface area contributed by atoms with Crippen LogP contribution in [0.15, 0.2) is 29.2 Å². The Hall–Kier alpha value is -1.15. The summed E-state index contributed by atoms with van der Waals surface area (Å²) in [6.07, 6.45) is 2.63. The van der Waals surface area contributed by atoms with E-state index in [1.165, 1.54) is 0 Å². The molecule has 2 unspecified atom stereocenters. The second-order valence-electron chi connectivity index (χ2n) is 7.36. The van der Waals surface area contributed by atoms with Gasteiger partial charge < -0.3 is 11.1 Å². The van der Waals surface area contributed by atoms with Crippen LogP contribution in [0, 0.1) is 18.8 Å². The van der Waals surface area contributed by atoms with Crippen molar-refractivity contribution < 1.29 is 13.2 Å². The van der Waals surface area contributed by atoms with Crippen molar-refractivity contribution in [1.82, 2.24) is 10.0 Å². The van der Waals surface area contributed by atoms with Crippen LogP contribution in [0.5, 0.6) is 0 Å². The third-order valence-corrected chi connectivity index (χ3v) is 5.88. The van der Waals surface area contributed by atoms with Crippen LogP contribution < -0.4 is 15.8 Å². The van der Waals surface area contributed by atoms with Gasteiger partial charge >= 0.3 is 0 Å². The number of amides is 1. The molecule has 0 spiro atoms. The molecule has 1 aliphatic rings. The molecule has 6 nitrogen and oxygen atoms in total. The number of sulfonamides is 1. The summed E-state index contributed by atoms with van der Waals surface area (Å²) in [7, 11) is -3.75. The Morgan fingerprint density at radius 1 is 1.23 bits per heavy atom. The first kappa shape index (κ1) is 22.9. The SMILES string of the molecule is Cc1ccc(S(=O)(=O)NC(CC(C)C)C(=O)NCC(N)C2CC2)cc1.Cl. The molecule has 1 amide bonds. The van der Waals surface area contributed by atoms with Gasteiger partial charge in [0.15, 0.2) is 0 Å². The minimum absolute atomic E-state index is 0. The average molecular weight is 404 g/mol. The largest absolute Gasteiger partial charge is 0.353 e. The number of nitrogens with two attached hydrogens (primary N) is 1. The molecule has 4 N–H and O–H groups in total. The van der Waals surface area contributed by atoms with Crippen molar-refractivity contribution in [3.8, 4) is 0 Å². The summed E-state index contributed by atoms with van der Waals surface area (Å²) in [5, 5.41) is 2.80. The van der Waals surface area contributed by atoms with Gasteiger partial charge in [-0.05, 0) is 50.2 Å². The Morgan fingerprint density at radius 3 is 2.31 bits per heavy atom. The van der Waals surface area contributed by atoms with Gasteiger partial charge in [-0.25, -0.2) is 8.42 Å². The number of hydrogen-bond acceptors (Lipinski definition) is 4. The first-order valence-corrected chi connectivity index (χ1v) is 10.3. The Morgan fingerprint density at radius 2 is 1.81 bits per heavy atom. The third-order valence-electron chi connectivity index (χ3n) is 4.39. The zero-order valence-corrected chi connectivity index (χ0v) is 17.2. The molecule has 0 radical (unpaired) electrons. The van der Waals surface area contributed by atoms with Gasteiger partial charge in [0.2, 0.25) is 15.9 Å². The van der Waals surface area contributed by atoms with Crippen molar-refractivity contribution in [2.75, 3.05) is 6.54 Å². The van der Waals surface area contributed by atoms with Gasteiger partial charge in [-0.3, -0.25) is 4.79 Å². The van der Waals surface area contributed by atoms with E-state index in [9.17, 15) is 13.2 Å². The van der Waals surface area contributed by atoms with Gasteiger partial charge in [-0.2, -0.15) is 4.72 Å². The van der Waals surface area contributed by atoms with Crippen LogP contribution in [0.1, 0.15) is 38.7 Å². The van der Waals surface area contributed by atoms with E-state index in [4.69, 9.17) is 5.73 Å². The van der Waals surface area contributed by atoms with Crippen LogP contribution in [0.4, 0.5) is 0 Å². The van der Waals surface area contributed by atoms with Gasteiger partial charge in [0.1, 0.15) is 6.04 Å². The fourth-order valence-corrected chi connectivity index (χ4v) is 3.89. The highest BCUT2D eigenvalue weighted by molar-refractivity contribution is 7.89. The zero-order chi connectivity index (χ0) is 18.6. The molecule has 0 heterocycles. The summed E-state index contributed by atoms with van der Waals surface area (Å²) in [5.74, 6) is 0.335. The van der Waals surface area contributed by atoms with Crippen LogP contribution in [0.25, 0.3) is 0 Å². The predicted octanol–water partition coefficient (Wildman–Crippen LogP) is 1.96. The fourth-order valence-electron chi connectivity index (χ4n) is 2.69. The van der Waals surface area contributed by atoms with E-state index in [0.29, 0.717) is 18.9 Å².